The van der Waals surface area contributed by atoms with Gasteiger partial charge in [0.2, 0.25) is 5.95 Å². The van der Waals surface area contributed by atoms with Crippen molar-refractivity contribution in [2.75, 3.05) is 30.5 Å². The molecule has 3 aromatic rings. The predicted molar refractivity (Wildman–Crippen MR) is 105 cm³/mol. The standard InChI is InChI=1S/C18H19N5O3S/c1-12-20-11-16(27-12)15-7-8-19-17(22-15)21-13-3-5-14(6-4-13)23(18(24)25)9-10-26-2/h3-8,11H,9-10H2,1-2H3,(H,24,25)(H,19,21,22). The number of carboxylic acid groups (broad SMARTS) is 1. The summed E-state index contributed by atoms with van der Waals surface area (Å²) in [5.74, 6) is 0.459. The summed E-state index contributed by atoms with van der Waals surface area (Å²) in [7, 11) is 1.54. The summed E-state index contributed by atoms with van der Waals surface area (Å²) in [6, 6.07) is 8.85. The van der Waals surface area contributed by atoms with Gasteiger partial charge in [0.05, 0.1) is 28.7 Å². The average Bonchev–Trinajstić information content (AvgIpc) is 3.10. The highest BCUT2D eigenvalue weighted by Gasteiger charge is 2.14. The number of hydrogen-bond acceptors (Lipinski definition) is 7. The molecule has 9 heteroatoms. The molecule has 0 spiro atoms. The van der Waals surface area contributed by atoms with Crippen molar-refractivity contribution >= 4 is 34.8 Å². The van der Waals surface area contributed by atoms with Crippen molar-refractivity contribution in [1.29, 1.82) is 0 Å². The van der Waals surface area contributed by atoms with Crippen LogP contribution in [0.1, 0.15) is 5.01 Å². The Kier molecular flexibility index (Phi) is 5.94. The molecule has 0 unspecified atom stereocenters. The van der Waals surface area contributed by atoms with Crippen LogP contribution in [0.2, 0.25) is 0 Å². The zero-order valence-corrected chi connectivity index (χ0v) is 15.7. The van der Waals surface area contributed by atoms with Gasteiger partial charge in [-0.25, -0.2) is 19.7 Å². The van der Waals surface area contributed by atoms with Crippen LogP contribution in [0.4, 0.5) is 22.1 Å². The molecule has 8 nitrogen and oxygen atoms in total. The van der Waals surface area contributed by atoms with E-state index in [4.69, 9.17) is 4.74 Å². The van der Waals surface area contributed by atoms with Gasteiger partial charge in [0, 0.05) is 30.9 Å². The number of amides is 1. The minimum absolute atomic E-state index is 0.262. The average molecular weight is 385 g/mol. The molecular weight excluding hydrogens is 366 g/mol. The summed E-state index contributed by atoms with van der Waals surface area (Å²) >= 11 is 1.57. The van der Waals surface area contributed by atoms with Crippen molar-refractivity contribution in [3.63, 3.8) is 0 Å². The molecule has 0 aliphatic rings. The van der Waals surface area contributed by atoms with Gasteiger partial charge in [0.1, 0.15) is 0 Å². The lowest BCUT2D eigenvalue weighted by atomic mass is 10.2. The minimum atomic E-state index is -1.02. The Morgan fingerprint density at radius 1 is 1.26 bits per heavy atom. The highest BCUT2D eigenvalue weighted by molar-refractivity contribution is 7.15. The lowest BCUT2D eigenvalue weighted by Crippen LogP contribution is -2.32. The molecule has 2 heterocycles. The molecule has 0 bridgehead atoms. The first-order valence-corrected chi connectivity index (χ1v) is 9.01. The fourth-order valence-electron chi connectivity index (χ4n) is 2.41. The third kappa shape index (κ3) is 4.78. The van der Waals surface area contributed by atoms with E-state index < -0.39 is 6.09 Å². The molecule has 1 amide bonds. The number of nitrogens with zero attached hydrogens (tertiary/aromatic N) is 4. The van der Waals surface area contributed by atoms with Gasteiger partial charge in [0.25, 0.3) is 0 Å². The molecule has 0 fully saturated rings. The van der Waals surface area contributed by atoms with E-state index in [1.165, 1.54) is 12.0 Å². The van der Waals surface area contributed by atoms with E-state index in [9.17, 15) is 9.90 Å². The summed E-state index contributed by atoms with van der Waals surface area (Å²) < 4.78 is 4.96. The molecule has 0 atom stereocenters. The van der Waals surface area contributed by atoms with Gasteiger partial charge in [-0.2, -0.15) is 0 Å². The number of anilines is 3. The van der Waals surface area contributed by atoms with Crippen molar-refractivity contribution in [1.82, 2.24) is 15.0 Å². The third-order valence-electron chi connectivity index (χ3n) is 3.71. The maximum Gasteiger partial charge on any atom is 0.411 e. The van der Waals surface area contributed by atoms with Gasteiger partial charge in [-0.3, -0.25) is 4.90 Å². The highest BCUT2D eigenvalue weighted by atomic mass is 32.1. The summed E-state index contributed by atoms with van der Waals surface area (Å²) in [4.78, 5) is 26.6. The predicted octanol–water partition coefficient (Wildman–Crippen LogP) is 3.78. The molecule has 0 saturated carbocycles. The maximum absolute atomic E-state index is 11.4. The highest BCUT2D eigenvalue weighted by Crippen LogP contribution is 2.25. The van der Waals surface area contributed by atoms with Crippen LogP contribution in [0.5, 0.6) is 0 Å². The molecular formula is C18H19N5O3S. The fourth-order valence-corrected chi connectivity index (χ4v) is 3.15. The Hall–Kier alpha value is -3.04. The number of ether oxygens (including phenoxy) is 1. The summed E-state index contributed by atoms with van der Waals surface area (Å²) in [5.41, 5.74) is 2.12. The van der Waals surface area contributed by atoms with E-state index in [0.717, 1.165) is 21.3 Å². The van der Waals surface area contributed by atoms with Crippen molar-refractivity contribution in [3.8, 4) is 10.6 Å². The number of nitrogens with one attached hydrogen (secondary N) is 1. The monoisotopic (exact) mass is 385 g/mol. The molecule has 140 valence electrons. The van der Waals surface area contributed by atoms with Crippen LogP contribution < -0.4 is 10.2 Å². The van der Waals surface area contributed by atoms with E-state index in [1.54, 1.807) is 48.0 Å². The Balaban J connectivity index is 1.74. The summed E-state index contributed by atoms with van der Waals surface area (Å²) in [6.07, 6.45) is 2.45. The van der Waals surface area contributed by atoms with Crippen LogP contribution in [-0.4, -0.2) is 46.4 Å². The van der Waals surface area contributed by atoms with Crippen LogP contribution >= 0.6 is 11.3 Å². The fraction of sp³-hybridized carbons (Fsp3) is 0.222. The molecule has 0 saturated heterocycles. The number of aryl methyl sites for hydroxylation is 1. The molecule has 2 aromatic heterocycles. The van der Waals surface area contributed by atoms with E-state index in [0.29, 0.717) is 18.2 Å². The van der Waals surface area contributed by atoms with Crippen molar-refractivity contribution in [3.05, 3.63) is 47.7 Å². The summed E-state index contributed by atoms with van der Waals surface area (Å²) in [5, 5.41) is 13.4. The van der Waals surface area contributed by atoms with Gasteiger partial charge in [-0.1, -0.05) is 0 Å². The molecule has 1 aromatic carbocycles. The van der Waals surface area contributed by atoms with E-state index in [2.05, 4.69) is 20.3 Å². The molecule has 3 rings (SSSR count). The van der Waals surface area contributed by atoms with Crippen molar-refractivity contribution < 1.29 is 14.6 Å². The Bertz CT molecular complexity index is 913. The molecule has 0 radical (unpaired) electrons. The molecule has 0 aliphatic carbocycles. The second-order valence-corrected chi connectivity index (χ2v) is 6.84. The molecule has 2 N–H and O–H groups in total. The van der Waals surface area contributed by atoms with Gasteiger partial charge in [0.15, 0.2) is 0 Å². The topological polar surface area (TPSA) is 100 Å². The largest absolute Gasteiger partial charge is 0.465 e. The normalized spacial score (nSPS) is 10.6. The minimum Gasteiger partial charge on any atom is -0.465 e. The third-order valence-corrected chi connectivity index (χ3v) is 4.65. The number of carbonyl (C=O) groups is 1. The Morgan fingerprint density at radius 2 is 2.04 bits per heavy atom. The van der Waals surface area contributed by atoms with Crippen LogP contribution in [0.3, 0.4) is 0 Å². The molecule has 0 aliphatic heterocycles. The van der Waals surface area contributed by atoms with Crippen LogP contribution in [-0.2, 0) is 4.74 Å². The van der Waals surface area contributed by atoms with Crippen LogP contribution in [0.25, 0.3) is 10.6 Å². The Morgan fingerprint density at radius 3 is 2.67 bits per heavy atom. The van der Waals surface area contributed by atoms with Crippen LogP contribution in [0, 0.1) is 6.92 Å². The first-order chi connectivity index (χ1) is 13.1. The number of rotatable bonds is 7. The van der Waals surface area contributed by atoms with Gasteiger partial charge in [-0.15, -0.1) is 11.3 Å². The van der Waals surface area contributed by atoms with E-state index in [1.807, 2.05) is 13.0 Å². The lowest BCUT2D eigenvalue weighted by Gasteiger charge is -2.19. The second kappa shape index (κ2) is 8.56. The van der Waals surface area contributed by atoms with Gasteiger partial charge in [-0.05, 0) is 37.3 Å². The number of hydrogen-bond donors (Lipinski definition) is 2. The number of methoxy groups -OCH3 is 1. The smallest absolute Gasteiger partial charge is 0.411 e. The van der Waals surface area contributed by atoms with Crippen molar-refractivity contribution in [2.45, 2.75) is 6.92 Å². The maximum atomic E-state index is 11.4. The van der Waals surface area contributed by atoms with Crippen LogP contribution in [0.15, 0.2) is 42.7 Å². The lowest BCUT2D eigenvalue weighted by molar-refractivity contribution is 0.186. The first kappa shape index (κ1) is 18.7. The number of aromatic nitrogens is 3. The van der Waals surface area contributed by atoms with Crippen molar-refractivity contribution in [2.24, 2.45) is 0 Å². The zero-order valence-electron chi connectivity index (χ0n) is 14.9. The second-order valence-electron chi connectivity index (χ2n) is 5.61. The zero-order chi connectivity index (χ0) is 19.2. The quantitative estimate of drug-likeness (QED) is 0.638. The van der Waals surface area contributed by atoms with E-state index >= 15 is 0 Å². The first-order valence-electron chi connectivity index (χ1n) is 8.19. The van der Waals surface area contributed by atoms with Gasteiger partial charge >= 0.3 is 6.09 Å². The number of benzene rings is 1. The SMILES string of the molecule is COCCN(C(=O)O)c1ccc(Nc2nccc(-c3cnc(C)s3)n2)cc1. The number of thiazole rings is 1. The van der Waals surface area contributed by atoms with Gasteiger partial charge < -0.3 is 15.2 Å². The van der Waals surface area contributed by atoms with E-state index in [-0.39, 0.29) is 6.54 Å². The summed E-state index contributed by atoms with van der Waals surface area (Å²) in [6.45, 7) is 2.53. The molecule has 27 heavy (non-hydrogen) atoms. The Labute approximate surface area is 160 Å².